The monoisotopic (exact) mass is 520 g/mol. The van der Waals surface area contributed by atoms with Crippen molar-refractivity contribution in [2.75, 3.05) is 0 Å². The van der Waals surface area contributed by atoms with Gasteiger partial charge in [-0.1, -0.05) is 11.5 Å². The molecule has 0 aromatic rings. The predicted molar refractivity (Wildman–Crippen MR) is 155 cm³/mol. The van der Waals surface area contributed by atoms with E-state index in [4.69, 9.17) is 0 Å². The van der Waals surface area contributed by atoms with E-state index in [0.29, 0.717) is 0 Å². The van der Waals surface area contributed by atoms with Gasteiger partial charge in [0.25, 0.3) is 0 Å². The van der Waals surface area contributed by atoms with Crippen LogP contribution in [0, 0.1) is 0 Å². The summed E-state index contributed by atoms with van der Waals surface area (Å²) in [6, 6.07) is 0. The zero-order valence-corrected chi connectivity index (χ0v) is 21.9. The molecule has 0 rings (SSSR count). The molecular weight excluding hydrogens is 516 g/mol. The van der Waals surface area contributed by atoms with E-state index in [1.165, 1.54) is 0 Å². The standard InChI is InChI=1S/C43H4/c1-3-5-7-9-11-13-15-17-19-21-23-25-27-29-31-33-35-37-39-41-43-42-40-38-36-34-32-30-28-26-24-22-20-18-16-14-12-10-8-6-4-2/h1-2H2. The molecule has 0 aliphatic rings. The molecule has 0 aromatic carbocycles. The maximum absolute atomic E-state index is 3.31. The van der Waals surface area contributed by atoms with E-state index in [-0.39, 0.29) is 0 Å². The van der Waals surface area contributed by atoms with Gasteiger partial charge >= 0.3 is 0 Å². The van der Waals surface area contributed by atoms with E-state index >= 15 is 0 Å². The van der Waals surface area contributed by atoms with Crippen molar-refractivity contribution in [2.24, 2.45) is 0 Å². The fraction of sp³-hybridized carbons (Fsp3) is 0. The van der Waals surface area contributed by atoms with Gasteiger partial charge in [-0.2, -0.15) is 0 Å². The quantitative estimate of drug-likeness (QED) is 0.298. The van der Waals surface area contributed by atoms with Crippen LogP contribution >= 0.6 is 0 Å². The first kappa shape index (κ1) is 33.7. The molecule has 176 valence electrons. The lowest BCUT2D eigenvalue weighted by Gasteiger charge is -1.41. The lowest BCUT2D eigenvalue weighted by molar-refractivity contribution is 2.10. The van der Waals surface area contributed by atoms with Gasteiger partial charge in [-0.3, -0.25) is 0 Å². The Labute approximate surface area is 247 Å². The summed E-state index contributed by atoms with van der Waals surface area (Å²) in [5, 5.41) is 0. The van der Waals surface area contributed by atoms with Crippen LogP contribution in [-0.2, 0) is 0 Å². The van der Waals surface area contributed by atoms with Crippen molar-refractivity contribution in [2.45, 2.75) is 0 Å². The molecule has 43 heavy (non-hydrogen) atoms. The molecule has 0 unspecified atom stereocenters. The molecule has 0 aliphatic carbocycles. The van der Waals surface area contributed by atoms with Gasteiger partial charge in [-0.05, 0) is 105 Å². The molecule has 0 atom stereocenters. The Morgan fingerprint density at radius 2 is 0.186 bits per heavy atom. The Bertz CT molecular complexity index is 2640. The summed E-state index contributed by atoms with van der Waals surface area (Å²) in [6.07, 6.45) is 0. The highest BCUT2D eigenvalue weighted by Gasteiger charge is 1.45. The van der Waals surface area contributed by atoms with Crippen LogP contribution in [-0.4, -0.2) is 0 Å². The third-order valence-electron chi connectivity index (χ3n) is 2.55. The van der Waals surface area contributed by atoms with Crippen LogP contribution < -0.4 is 0 Å². The summed E-state index contributed by atoms with van der Waals surface area (Å²) in [7, 11) is 0. The zero-order chi connectivity index (χ0) is 31.0. The molecule has 0 heterocycles. The molecule has 0 heteroatoms. The first-order valence-electron chi connectivity index (χ1n) is 10.7. The SMILES string of the molecule is C=C=C=C=C=C=C=C=C=C=C=C=C=C=C=C=C=C=C=C=C=C=C=C=C=C=C=C=C=C=C=C=C=C=C=C=C=C=C=C=C=C=C. The summed E-state index contributed by atoms with van der Waals surface area (Å²) in [5.74, 6) is 0. The Kier molecular flexibility index (Phi) is 25.7. The Morgan fingerprint density at radius 1 is 0.116 bits per heavy atom. The van der Waals surface area contributed by atoms with Crippen molar-refractivity contribution in [1.82, 2.24) is 0 Å². The Morgan fingerprint density at radius 3 is 0.256 bits per heavy atom. The summed E-state index contributed by atoms with van der Waals surface area (Å²) >= 11 is 0. The summed E-state index contributed by atoms with van der Waals surface area (Å²) in [5.41, 5.74) is 102. The normalized spacial score (nSPS) is 3.91. The van der Waals surface area contributed by atoms with Crippen LogP contribution in [0.4, 0.5) is 0 Å². The summed E-state index contributed by atoms with van der Waals surface area (Å²) in [6.45, 7) is 6.62. The van der Waals surface area contributed by atoms with Gasteiger partial charge < -0.3 is 0 Å². The highest BCUT2D eigenvalue weighted by molar-refractivity contribution is 4.96. The first-order valence-corrected chi connectivity index (χ1v) is 10.7. The van der Waals surface area contributed by atoms with E-state index in [9.17, 15) is 0 Å². The molecule has 0 N–H and O–H groups in total. The average molecular weight is 521 g/mol. The van der Waals surface area contributed by atoms with Gasteiger partial charge in [-0.15, -0.1) is 0 Å². The van der Waals surface area contributed by atoms with Gasteiger partial charge in [-0.25, -0.2) is 0 Å². The van der Waals surface area contributed by atoms with Gasteiger partial charge in [0, 0.05) is 132 Å². The van der Waals surface area contributed by atoms with Crippen LogP contribution in [0.2, 0.25) is 0 Å². The second-order valence-electron chi connectivity index (χ2n) is 5.23. The highest BCUT2D eigenvalue weighted by atomic mass is 13.5. The lowest BCUT2D eigenvalue weighted by atomic mass is 10.6. The Balaban J connectivity index is 6.05. The predicted octanol–water partition coefficient (Wildman–Crippen LogP) is 7.16. The van der Waals surface area contributed by atoms with E-state index in [0.717, 1.165) is 0 Å². The van der Waals surface area contributed by atoms with Crippen LogP contribution in [0.25, 0.3) is 0 Å². The molecular formula is C43H4. The fourth-order valence-electron chi connectivity index (χ4n) is 1.24. The molecule has 0 bridgehead atoms. The van der Waals surface area contributed by atoms with E-state index < -0.39 is 0 Å². The lowest BCUT2D eigenvalue weighted by Crippen LogP contribution is -1.25. The summed E-state index contributed by atoms with van der Waals surface area (Å²) < 4.78 is 0. The van der Waals surface area contributed by atoms with Crippen molar-refractivity contribution < 1.29 is 0 Å². The van der Waals surface area contributed by atoms with Gasteiger partial charge in [0.05, 0.1) is 0 Å². The Hall–Kier alpha value is -9.28. The fourth-order valence-corrected chi connectivity index (χ4v) is 1.24. The van der Waals surface area contributed by atoms with Crippen molar-refractivity contribution in [1.29, 1.82) is 0 Å². The van der Waals surface area contributed by atoms with Gasteiger partial charge in [0.1, 0.15) is 0 Å². The highest BCUT2D eigenvalue weighted by Crippen LogP contribution is 1.60. The zero-order valence-electron chi connectivity index (χ0n) is 21.9. The van der Waals surface area contributed by atoms with Crippen LogP contribution in [0.5, 0.6) is 0 Å². The largest absolute Gasteiger partial charge is 0.0687 e. The van der Waals surface area contributed by atoms with Gasteiger partial charge in [0.15, 0.2) is 0 Å². The van der Waals surface area contributed by atoms with E-state index in [2.05, 4.69) is 248 Å². The van der Waals surface area contributed by atoms with Crippen molar-refractivity contribution in [3.8, 4) is 0 Å². The van der Waals surface area contributed by atoms with Crippen LogP contribution in [0.1, 0.15) is 0 Å². The van der Waals surface area contributed by atoms with Crippen LogP contribution in [0.3, 0.4) is 0 Å². The summed E-state index contributed by atoms with van der Waals surface area (Å²) in [4.78, 5) is 0. The third kappa shape index (κ3) is 32.7. The van der Waals surface area contributed by atoms with Crippen molar-refractivity contribution >= 4 is 0 Å². The molecule has 0 spiro atoms. The number of hydrogen-bond donors (Lipinski definition) is 0. The third-order valence-corrected chi connectivity index (χ3v) is 2.55. The second kappa shape index (κ2) is 32.7. The molecule has 0 radical (unpaired) electrons. The first-order chi connectivity index (χ1) is 21.4. The maximum atomic E-state index is 3.31. The number of rotatable bonds is 0. The molecule has 0 aromatic heterocycles. The van der Waals surface area contributed by atoms with E-state index in [1.807, 2.05) is 0 Å². The smallest absolute Gasteiger partial charge is 0 e. The average Bonchev–Trinajstić information content (AvgIpc) is 3.02. The minimum Gasteiger partial charge on any atom is -0.0687 e. The minimum atomic E-state index is 2.37. The molecule has 0 saturated carbocycles. The van der Waals surface area contributed by atoms with E-state index in [1.54, 1.807) is 0 Å². The molecule has 0 aliphatic heterocycles. The molecule has 0 fully saturated rings. The second-order valence-corrected chi connectivity index (χ2v) is 5.23. The van der Waals surface area contributed by atoms with Crippen molar-refractivity contribution in [3.63, 3.8) is 0 Å². The topological polar surface area (TPSA) is 0 Å². The molecule has 0 amide bonds. The minimum absolute atomic E-state index is 2.37. The van der Waals surface area contributed by atoms with Crippen molar-refractivity contribution in [3.05, 3.63) is 248 Å². The number of hydrogen-bond acceptors (Lipinski definition) is 0. The van der Waals surface area contributed by atoms with Gasteiger partial charge in [0.2, 0.25) is 0 Å². The maximum Gasteiger partial charge on any atom is 0 e. The molecule has 0 saturated heterocycles. The molecule has 0 nitrogen and oxygen atoms in total. The van der Waals surface area contributed by atoms with Crippen LogP contribution in [0.15, 0.2) is 248 Å².